The number of rotatable bonds is 0. The van der Waals surface area contributed by atoms with Gasteiger partial charge in [0.25, 0.3) is 0 Å². The van der Waals surface area contributed by atoms with E-state index in [9.17, 15) is 0 Å². The lowest BCUT2D eigenvalue weighted by Crippen LogP contribution is -1.94. The lowest BCUT2D eigenvalue weighted by molar-refractivity contribution is 1.09. The first-order chi connectivity index (χ1) is 6.59. The molecule has 0 aliphatic rings. The molecule has 2 nitrogen and oxygen atoms in total. The lowest BCUT2D eigenvalue weighted by Gasteiger charge is -2.05. The Morgan fingerprint density at radius 2 is 1.93 bits per heavy atom. The van der Waals surface area contributed by atoms with Gasteiger partial charge in [-0.1, -0.05) is 17.7 Å². The van der Waals surface area contributed by atoms with E-state index in [4.69, 9.17) is 11.6 Å². The number of benzene rings is 1. The van der Waals surface area contributed by atoms with Crippen molar-refractivity contribution in [2.24, 2.45) is 0 Å². The standard InChI is InChI=1S/C10H8ClIN2/c1-5-3-4-7(12)9-8(5)10(11)14-6(2)13-9/h3-4H,1-2H3. The van der Waals surface area contributed by atoms with Crippen LogP contribution in [-0.4, -0.2) is 9.97 Å². The van der Waals surface area contributed by atoms with Crippen LogP contribution in [0.25, 0.3) is 10.9 Å². The fourth-order valence-corrected chi connectivity index (χ4v) is 2.35. The van der Waals surface area contributed by atoms with Crippen LogP contribution < -0.4 is 0 Å². The van der Waals surface area contributed by atoms with Gasteiger partial charge >= 0.3 is 0 Å². The van der Waals surface area contributed by atoms with Crippen LogP contribution >= 0.6 is 34.2 Å². The molecule has 0 aliphatic heterocycles. The van der Waals surface area contributed by atoms with Crippen molar-refractivity contribution in [2.45, 2.75) is 13.8 Å². The number of nitrogens with zero attached hydrogens (tertiary/aromatic N) is 2. The molecule has 0 amide bonds. The number of aromatic nitrogens is 2. The molecule has 0 atom stereocenters. The highest BCUT2D eigenvalue weighted by Gasteiger charge is 2.08. The number of halogens is 2. The van der Waals surface area contributed by atoms with Crippen LogP contribution in [0.3, 0.4) is 0 Å². The second-order valence-corrected chi connectivity index (χ2v) is 4.67. The highest BCUT2D eigenvalue weighted by molar-refractivity contribution is 14.1. The molecule has 2 aromatic rings. The molecule has 1 heterocycles. The Bertz CT molecular complexity index is 511. The SMILES string of the molecule is Cc1nc(Cl)c2c(C)ccc(I)c2n1. The van der Waals surface area contributed by atoms with E-state index in [-0.39, 0.29) is 0 Å². The van der Waals surface area contributed by atoms with Gasteiger partial charge in [0.15, 0.2) is 0 Å². The van der Waals surface area contributed by atoms with Crippen molar-refractivity contribution in [2.75, 3.05) is 0 Å². The average Bonchev–Trinajstić information content (AvgIpc) is 2.10. The minimum Gasteiger partial charge on any atom is -0.232 e. The van der Waals surface area contributed by atoms with Crippen LogP contribution in [0.5, 0.6) is 0 Å². The summed E-state index contributed by atoms with van der Waals surface area (Å²) in [6, 6.07) is 4.08. The van der Waals surface area contributed by atoms with Gasteiger partial charge in [0.1, 0.15) is 11.0 Å². The van der Waals surface area contributed by atoms with Crippen molar-refractivity contribution >= 4 is 45.1 Å². The van der Waals surface area contributed by atoms with E-state index in [1.807, 2.05) is 26.0 Å². The summed E-state index contributed by atoms with van der Waals surface area (Å²) in [6.45, 7) is 3.87. The third-order valence-electron chi connectivity index (χ3n) is 2.08. The maximum absolute atomic E-state index is 6.09. The zero-order valence-corrected chi connectivity index (χ0v) is 10.7. The smallest absolute Gasteiger partial charge is 0.140 e. The normalized spacial score (nSPS) is 10.9. The Balaban J connectivity index is 3.00. The van der Waals surface area contributed by atoms with E-state index in [1.54, 1.807) is 0 Å². The number of hydrogen-bond donors (Lipinski definition) is 0. The molecule has 0 radical (unpaired) electrons. The van der Waals surface area contributed by atoms with Crippen molar-refractivity contribution in [3.8, 4) is 0 Å². The topological polar surface area (TPSA) is 25.8 Å². The van der Waals surface area contributed by atoms with Crippen LogP contribution in [-0.2, 0) is 0 Å². The quantitative estimate of drug-likeness (QED) is 0.549. The lowest BCUT2D eigenvalue weighted by atomic mass is 10.1. The van der Waals surface area contributed by atoms with Gasteiger partial charge in [-0.25, -0.2) is 9.97 Å². The zero-order chi connectivity index (χ0) is 10.3. The van der Waals surface area contributed by atoms with E-state index in [1.165, 1.54) is 0 Å². The second-order valence-electron chi connectivity index (χ2n) is 3.15. The van der Waals surface area contributed by atoms with Gasteiger partial charge in [0, 0.05) is 8.96 Å². The van der Waals surface area contributed by atoms with Crippen molar-refractivity contribution in [1.82, 2.24) is 9.97 Å². The predicted octanol–water partition coefficient (Wildman–Crippen LogP) is 3.50. The first kappa shape index (κ1) is 10.1. The summed E-state index contributed by atoms with van der Waals surface area (Å²) in [7, 11) is 0. The number of hydrogen-bond acceptors (Lipinski definition) is 2. The van der Waals surface area contributed by atoms with Crippen LogP contribution in [0.1, 0.15) is 11.4 Å². The van der Waals surface area contributed by atoms with Crippen LogP contribution in [0.4, 0.5) is 0 Å². The Morgan fingerprint density at radius 3 is 2.64 bits per heavy atom. The number of fused-ring (bicyclic) bond motifs is 1. The highest BCUT2D eigenvalue weighted by atomic mass is 127. The molecular weight excluding hydrogens is 310 g/mol. The molecule has 4 heteroatoms. The van der Waals surface area contributed by atoms with Crippen molar-refractivity contribution in [3.63, 3.8) is 0 Å². The summed E-state index contributed by atoms with van der Waals surface area (Å²) in [5, 5.41) is 1.51. The van der Waals surface area contributed by atoms with Gasteiger partial charge in [0.05, 0.1) is 5.52 Å². The molecule has 0 saturated carbocycles. The van der Waals surface area contributed by atoms with Crippen LogP contribution in [0.2, 0.25) is 5.15 Å². The molecule has 0 unspecified atom stereocenters. The maximum atomic E-state index is 6.09. The Hall–Kier alpha value is -0.420. The molecule has 0 saturated heterocycles. The molecule has 0 N–H and O–H groups in total. The predicted molar refractivity (Wildman–Crippen MR) is 66.7 cm³/mol. The van der Waals surface area contributed by atoms with Crippen LogP contribution in [0, 0.1) is 17.4 Å². The second kappa shape index (κ2) is 3.62. The summed E-state index contributed by atoms with van der Waals surface area (Å²) in [4.78, 5) is 8.55. The monoisotopic (exact) mass is 318 g/mol. The van der Waals surface area contributed by atoms with Gasteiger partial charge in [-0.05, 0) is 48.1 Å². The van der Waals surface area contributed by atoms with Gasteiger partial charge in [0.2, 0.25) is 0 Å². The fraction of sp³-hybridized carbons (Fsp3) is 0.200. The molecule has 2 rings (SSSR count). The first-order valence-electron chi connectivity index (χ1n) is 4.18. The average molecular weight is 319 g/mol. The van der Waals surface area contributed by atoms with Crippen LogP contribution in [0.15, 0.2) is 12.1 Å². The maximum Gasteiger partial charge on any atom is 0.140 e. The highest BCUT2D eigenvalue weighted by Crippen LogP contribution is 2.27. The molecule has 1 aromatic carbocycles. The van der Waals surface area contributed by atoms with Crippen molar-refractivity contribution in [1.29, 1.82) is 0 Å². The molecule has 0 fully saturated rings. The molecular formula is C10H8ClIN2. The molecule has 72 valence electrons. The van der Waals surface area contributed by atoms with Gasteiger partial charge in [-0.3, -0.25) is 0 Å². The Morgan fingerprint density at radius 1 is 1.21 bits per heavy atom. The number of aryl methyl sites for hydroxylation is 2. The molecule has 0 spiro atoms. The first-order valence-corrected chi connectivity index (χ1v) is 5.64. The van der Waals surface area contributed by atoms with E-state index in [2.05, 4.69) is 32.6 Å². The van der Waals surface area contributed by atoms with Crippen molar-refractivity contribution < 1.29 is 0 Å². The molecule has 0 bridgehead atoms. The summed E-state index contributed by atoms with van der Waals surface area (Å²) < 4.78 is 1.11. The minimum atomic E-state index is 0.545. The molecule has 1 aromatic heterocycles. The van der Waals surface area contributed by atoms with Gasteiger partial charge in [-0.2, -0.15) is 0 Å². The largest absolute Gasteiger partial charge is 0.232 e. The van der Waals surface area contributed by atoms with Crippen molar-refractivity contribution in [3.05, 3.63) is 32.2 Å². The van der Waals surface area contributed by atoms with Gasteiger partial charge < -0.3 is 0 Å². The molecule has 0 aliphatic carbocycles. The summed E-state index contributed by atoms with van der Waals surface area (Å²) in [5.41, 5.74) is 2.06. The third-order valence-corrected chi connectivity index (χ3v) is 3.22. The van der Waals surface area contributed by atoms with E-state index < -0.39 is 0 Å². The minimum absolute atomic E-state index is 0.545. The van der Waals surface area contributed by atoms with E-state index >= 15 is 0 Å². The summed E-state index contributed by atoms with van der Waals surface area (Å²) in [5.74, 6) is 0.714. The summed E-state index contributed by atoms with van der Waals surface area (Å²) >= 11 is 8.34. The third kappa shape index (κ3) is 1.59. The van der Waals surface area contributed by atoms with E-state index in [0.717, 1.165) is 20.0 Å². The molecule has 14 heavy (non-hydrogen) atoms. The fourth-order valence-electron chi connectivity index (χ4n) is 1.42. The Kier molecular flexibility index (Phi) is 2.62. The Labute approximate surface area is 101 Å². The van der Waals surface area contributed by atoms with E-state index in [0.29, 0.717) is 11.0 Å². The summed E-state index contributed by atoms with van der Waals surface area (Å²) in [6.07, 6.45) is 0. The van der Waals surface area contributed by atoms with Gasteiger partial charge in [-0.15, -0.1) is 0 Å². The zero-order valence-electron chi connectivity index (χ0n) is 7.81.